The van der Waals surface area contributed by atoms with Crippen LogP contribution in [0.1, 0.15) is 48.3 Å². The van der Waals surface area contributed by atoms with Crippen molar-refractivity contribution in [1.82, 2.24) is 10.2 Å². The Kier molecular flexibility index (Phi) is 6.79. The molecule has 6 heteroatoms. The highest BCUT2D eigenvalue weighted by atomic mass is 16.5. The molecule has 0 amide bonds. The zero-order chi connectivity index (χ0) is 23.4. The zero-order valence-electron chi connectivity index (χ0n) is 19.3. The summed E-state index contributed by atoms with van der Waals surface area (Å²) >= 11 is 0. The average Bonchev–Trinajstić information content (AvgIpc) is 3.31. The summed E-state index contributed by atoms with van der Waals surface area (Å²) in [4.78, 5) is 2.12. The molecule has 0 aromatic heterocycles. The van der Waals surface area contributed by atoms with Crippen LogP contribution in [0, 0.1) is 18.3 Å². The van der Waals surface area contributed by atoms with Gasteiger partial charge in [-0.3, -0.25) is 0 Å². The minimum Gasteiger partial charge on any atom is -0.488 e. The summed E-state index contributed by atoms with van der Waals surface area (Å²) in [5.41, 5.74) is 9.47. The number of rotatable bonds is 7. The molecule has 1 atom stereocenters. The molecular weight excluding hydrogens is 412 g/mol. The summed E-state index contributed by atoms with van der Waals surface area (Å²) in [6.07, 6.45) is 4.90. The lowest BCUT2D eigenvalue weighted by atomic mass is 9.96. The quantitative estimate of drug-likeness (QED) is 0.470. The van der Waals surface area contributed by atoms with Crippen molar-refractivity contribution in [2.24, 2.45) is 0 Å². The number of hydrogen-bond acceptors (Lipinski definition) is 6. The highest BCUT2D eigenvalue weighted by molar-refractivity contribution is 5.55. The van der Waals surface area contributed by atoms with Gasteiger partial charge in [-0.05, 0) is 61.9 Å². The zero-order valence-corrected chi connectivity index (χ0v) is 19.3. The molecule has 1 aliphatic carbocycles. The van der Waals surface area contributed by atoms with Crippen LogP contribution in [-0.4, -0.2) is 30.6 Å². The van der Waals surface area contributed by atoms with Gasteiger partial charge < -0.3 is 25.4 Å². The maximum atomic E-state index is 9.40. The molecule has 2 aromatic rings. The van der Waals surface area contributed by atoms with Crippen LogP contribution in [0.3, 0.4) is 0 Å². The third-order valence-corrected chi connectivity index (χ3v) is 6.43. The molecule has 33 heavy (non-hydrogen) atoms. The Labute approximate surface area is 196 Å². The number of nitrogen functional groups attached to an aromatic ring is 1. The van der Waals surface area contributed by atoms with Crippen LogP contribution in [-0.2, 0) is 0 Å². The van der Waals surface area contributed by atoms with Crippen LogP contribution in [0.15, 0.2) is 61.1 Å². The van der Waals surface area contributed by atoms with E-state index in [-0.39, 0.29) is 12.0 Å². The van der Waals surface area contributed by atoms with E-state index < -0.39 is 0 Å². The summed E-state index contributed by atoms with van der Waals surface area (Å²) in [6, 6.07) is 13.8. The normalized spacial score (nSPS) is 18.5. The van der Waals surface area contributed by atoms with Crippen molar-refractivity contribution in [2.45, 2.75) is 44.6 Å². The Balaban J connectivity index is 1.44. The van der Waals surface area contributed by atoms with Crippen molar-refractivity contribution in [3.63, 3.8) is 0 Å². The van der Waals surface area contributed by atoms with Crippen molar-refractivity contribution >= 4 is 5.69 Å². The number of aryl methyl sites for hydroxylation is 1. The second kappa shape index (κ2) is 9.91. The molecule has 2 aliphatic rings. The van der Waals surface area contributed by atoms with E-state index in [1.807, 2.05) is 25.1 Å². The molecule has 2 fully saturated rings. The predicted octanol–water partition coefficient (Wildman–Crippen LogP) is 4.82. The van der Waals surface area contributed by atoms with Gasteiger partial charge in [0.05, 0.1) is 29.7 Å². The van der Waals surface area contributed by atoms with Crippen LogP contribution >= 0.6 is 0 Å². The molecule has 1 saturated carbocycles. The minimum atomic E-state index is 0.239. The van der Waals surface area contributed by atoms with Crippen LogP contribution in [0.4, 0.5) is 5.69 Å². The van der Waals surface area contributed by atoms with Crippen LogP contribution in [0.25, 0.3) is 0 Å². The summed E-state index contributed by atoms with van der Waals surface area (Å²) < 4.78 is 12.2. The first-order chi connectivity index (χ1) is 15.9. The van der Waals surface area contributed by atoms with Gasteiger partial charge >= 0.3 is 0 Å². The third-order valence-electron chi connectivity index (χ3n) is 6.43. The number of nitrogens with zero attached hydrogens (tertiary/aromatic N) is 2. The standard InChI is InChI=1S/C27H32N4O2/c1-18-7-6-8-22(14-28)27(18)32-19(2)16-31-17-23(15-30-20(31)3)21-11-12-25(29)26(13-21)33-24-9-4-5-10-24/h6-8,11-13,23-24,30H,2-5,9-10,15-17,29H2,1H3. The smallest absolute Gasteiger partial charge is 0.147 e. The van der Waals surface area contributed by atoms with Gasteiger partial charge in [-0.2, -0.15) is 5.26 Å². The maximum Gasteiger partial charge on any atom is 0.147 e. The van der Waals surface area contributed by atoms with Crippen LogP contribution in [0.5, 0.6) is 11.5 Å². The lowest BCUT2D eigenvalue weighted by molar-refractivity contribution is 0.210. The molecule has 4 rings (SSSR count). The summed E-state index contributed by atoms with van der Waals surface area (Å²) in [5, 5.41) is 12.8. The summed E-state index contributed by atoms with van der Waals surface area (Å²) in [7, 11) is 0. The molecule has 1 saturated heterocycles. The summed E-state index contributed by atoms with van der Waals surface area (Å²) in [6.45, 7) is 12.2. The number of nitriles is 1. The van der Waals surface area contributed by atoms with E-state index in [9.17, 15) is 5.26 Å². The molecular formula is C27H32N4O2. The van der Waals surface area contributed by atoms with Gasteiger partial charge in [0, 0.05) is 19.0 Å². The topological polar surface area (TPSA) is 83.5 Å². The summed E-state index contributed by atoms with van der Waals surface area (Å²) in [5.74, 6) is 2.98. The van der Waals surface area contributed by atoms with E-state index in [4.69, 9.17) is 15.2 Å². The molecule has 1 aliphatic heterocycles. The third kappa shape index (κ3) is 5.25. The molecule has 1 unspecified atom stereocenters. The van der Waals surface area contributed by atoms with Gasteiger partial charge in [-0.25, -0.2) is 0 Å². The number of para-hydroxylation sites is 1. The van der Waals surface area contributed by atoms with Gasteiger partial charge in [0.15, 0.2) is 0 Å². The van der Waals surface area contributed by atoms with Gasteiger partial charge in [0.1, 0.15) is 23.3 Å². The van der Waals surface area contributed by atoms with E-state index in [1.54, 1.807) is 6.07 Å². The van der Waals surface area contributed by atoms with Gasteiger partial charge in [0.2, 0.25) is 0 Å². The molecule has 172 valence electrons. The molecule has 0 bridgehead atoms. The lowest BCUT2D eigenvalue weighted by Gasteiger charge is -2.37. The highest BCUT2D eigenvalue weighted by Gasteiger charge is 2.25. The van der Waals surface area contributed by atoms with Gasteiger partial charge in [0.25, 0.3) is 0 Å². The van der Waals surface area contributed by atoms with Crippen molar-refractivity contribution in [3.8, 4) is 17.6 Å². The monoisotopic (exact) mass is 444 g/mol. The average molecular weight is 445 g/mol. The molecule has 2 aromatic carbocycles. The highest BCUT2D eigenvalue weighted by Crippen LogP contribution is 2.33. The van der Waals surface area contributed by atoms with E-state index in [0.29, 0.717) is 29.3 Å². The molecule has 3 N–H and O–H groups in total. The van der Waals surface area contributed by atoms with Gasteiger partial charge in [-0.1, -0.05) is 31.4 Å². The fourth-order valence-corrected chi connectivity index (χ4v) is 4.54. The molecule has 0 radical (unpaired) electrons. The first-order valence-electron chi connectivity index (χ1n) is 11.5. The first kappa shape index (κ1) is 22.6. The fraction of sp³-hybridized carbons (Fsp3) is 0.370. The number of nitrogens with one attached hydrogen (secondary N) is 1. The number of hydrogen-bond donors (Lipinski definition) is 2. The SMILES string of the molecule is C=C(CN1CC(c2ccc(N)c(OC3CCCC3)c2)CNC1=C)Oc1c(C)cccc1C#N. The number of benzene rings is 2. The predicted molar refractivity (Wildman–Crippen MR) is 131 cm³/mol. The van der Waals surface area contributed by atoms with E-state index in [1.165, 1.54) is 18.4 Å². The minimum absolute atomic E-state index is 0.239. The Hall–Kier alpha value is -3.59. The van der Waals surface area contributed by atoms with E-state index in [0.717, 1.165) is 43.1 Å². The molecule has 0 spiro atoms. The van der Waals surface area contributed by atoms with Crippen LogP contribution < -0.4 is 20.5 Å². The lowest BCUT2D eigenvalue weighted by Crippen LogP contribution is -2.44. The first-order valence-corrected chi connectivity index (χ1v) is 11.5. The molecule has 1 heterocycles. The maximum absolute atomic E-state index is 9.40. The van der Waals surface area contributed by atoms with Crippen LogP contribution in [0.2, 0.25) is 0 Å². The second-order valence-electron chi connectivity index (χ2n) is 8.93. The van der Waals surface area contributed by atoms with Gasteiger partial charge in [-0.15, -0.1) is 0 Å². The molecule has 6 nitrogen and oxygen atoms in total. The fourth-order valence-electron chi connectivity index (χ4n) is 4.54. The number of anilines is 1. The largest absolute Gasteiger partial charge is 0.488 e. The second-order valence-corrected chi connectivity index (χ2v) is 8.93. The van der Waals surface area contributed by atoms with E-state index in [2.05, 4.69) is 41.6 Å². The van der Waals surface area contributed by atoms with Crippen molar-refractivity contribution < 1.29 is 9.47 Å². The Bertz CT molecular complexity index is 1080. The van der Waals surface area contributed by atoms with Crippen molar-refractivity contribution in [3.05, 3.63) is 77.8 Å². The number of ether oxygens (including phenoxy) is 2. The Morgan fingerprint density at radius 1 is 1.27 bits per heavy atom. The number of nitrogens with two attached hydrogens (primary N) is 1. The van der Waals surface area contributed by atoms with Crippen molar-refractivity contribution in [2.75, 3.05) is 25.4 Å². The van der Waals surface area contributed by atoms with Crippen molar-refractivity contribution in [1.29, 1.82) is 5.26 Å². The Morgan fingerprint density at radius 3 is 2.82 bits per heavy atom. The Morgan fingerprint density at radius 2 is 2.06 bits per heavy atom. The van der Waals surface area contributed by atoms with E-state index >= 15 is 0 Å².